The maximum absolute atomic E-state index is 13.2. The third-order valence-corrected chi connectivity index (χ3v) is 6.73. The van der Waals surface area contributed by atoms with Gasteiger partial charge in [-0.05, 0) is 57.6 Å². The van der Waals surface area contributed by atoms with E-state index < -0.39 is 6.16 Å². The highest BCUT2D eigenvalue weighted by Gasteiger charge is 2.17. The van der Waals surface area contributed by atoms with Crippen molar-refractivity contribution in [2.75, 3.05) is 0 Å². The molecule has 0 unspecified atom stereocenters. The summed E-state index contributed by atoms with van der Waals surface area (Å²) in [5, 5.41) is 0. The molecular formula is C37H26O3. The van der Waals surface area contributed by atoms with Crippen molar-refractivity contribution < 1.29 is 14.3 Å². The van der Waals surface area contributed by atoms with Crippen molar-refractivity contribution in [2.24, 2.45) is 0 Å². The van der Waals surface area contributed by atoms with Crippen LogP contribution in [-0.4, -0.2) is 6.16 Å². The van der Waals surface area contributed by atoms with Gasteiger partial charge in [0.1, 0.15) is 11.5 Å². The lowest BCUT2D eigenvalue weighted by Gasteiger charge is -2.15. The molecule has 0 aromatic heterocycles. The van der Waals surface area contributed by atoms with Crippen LogP contribution < -0.4 is 9.47 Å². The number of carbonyl (C=O) groups excluding carboxylic acids is 1. The zero-order valence-corrected chi connectivity index (χ0v) is 21.7. The molecule has 0 atom stereocenters. The van der Waals surface area contributed by atoms with Gasteiger partial charge in [0.25, 0.3) is 0 Å². The summed E-state index contributed by atoms with van der Waals surface area (Å²) >= 11 is 0. The molecule has 0 aliphatic carbocycles. The molecule has 0 saturated carbocycles. The normalized spacial score (nSPS) is 10.6. The van der Waals surface area contributed by atoms with E-state index in [-0.39, 0.29) is 0 Å². The van der Waals surface area contributed by atoms with Gasteiger partial charge >= 0.3 is 6.16 Å². The number of rotatable bonds is 6. The van der Waals surface area contributed by atoms with E-state index in [0.29, 0.717) is 11.5 Å². The summed E-state index contributed by atoms with van der Waals surface area (Å²) in [6.45, 7) is 0. The molecule has 0 spiro atoms. The maximum atomic E-state index is 13.2. The number of ether oxygens (including phenoxy) is 2. The van der Waals surface area contributed by atoms with Crippen LogP contribution in [0.1, 0.15) is 0 Å². The fraction of sp³-hybridized carbons (Fsp3) is 0. The highest BCUT2D eigenvalue weighted by atomic mass is 16.7. The summed E-state index contributed by atoms with van der Waals surface area (Å²) < 4.78 is 11.7. The second-order valence-electron chi connectivity index (χ2n) is 9.34. The van der Waals surface area contributed by atoms with Crippen LogP contribution >= 0.6 is 0 Å². The quantitative estimate of drug-likeness (QED) is 0.163. The molecule has 0 aliphatic heterocycles. The average molecular weight is 519 g/mol. The summed E-state index contributed by atoms with van der Waals surface area (Å²) in [6, 6.07) is 51.6. The molecular weight excluding hydrogens is 492 g/mol. The lowest BCUT2D eigenvalue weighted by molar-refractivity contribution is 0.152. The fourth-order valence-electron chi connectivity index (χ4n) is 4.75. The number of hydrogen-bond donors (Lipinski definition) is 0. The van der Waals surface area contributed by atoms with Crippen LogP contribution in [0.5, 0.6) is 11.5 Å². The maximum Gasteiger partial charge on any atom is 0.519 e. The van der Waals surface area contributed by atoms with Crippen molar-refractivity contribution in [3.8, 4) is 56.0 Å². The van der Waals surface area contributed by atoms with Gasteiger partial charge in [-0.25, -0.2) is 4.79 Å². The zero-order chi connectivity index (χ0) is 27.1. The van der Waals surface area contributed by atoms with E-state index in [1.54, 1.807) is 0 Å². The van der Waals surface area contributed by atoms with E-state index >= 15 is 0 Å². The monoisotopic (exact) mass is 518 g/mol. The summed E-state index contributed by atoms with van der Waals surface area (Å²) in [6.07, 6.45) is -0.797. The van der Waals surface area contributed by atoms with E-state index in [4.69, 9.17) is 9.47 Å². The number of hydrogen-bond acceptors (Lipinski definition) is 3. The molecule has 6 aromatic carbocycles. The Morgan fingerprint density at radius 2 is 0.675 bits per heavy atom. The Morgan fingerprint density at radius 3 is 1.02 bits per heavy atom. The molecule has 0 saturated heterocycles. The Bertz CT molecular complexity index is 1600. The first-order valence-electron chi connectivity index (χ1n) is 13.1. The molecule has 0 heterocycles. The van der Waals surface area contributed by atoms with E-state index in [1.165, 1.54) is 0 Å². The molecule has 0 aliphatic rings. The van der Waals surface area contributed by atoms with Crippen LogP contribution in [0.3, 0.4) is 0 Å². The van der Waals surface area contributed by atoms with Crippen molar-refractivity contribution >= 4 is 6.16 Å². The number of benzene rings is 6. The van der Waals surface area contributed by atoms with Crippen LogP contribution in [0.15, 0.2) is 158 Å². The summed E-state index contributed by atoms with van der Waals surface area (Å²) in [5.41, 5.74) is 7.73. The predicted octanol–water partition coefficient (Wildman–Crippen LogP) is 9.93. The summed E-state index contributed by atoms with van der Waals surface area (Å²) in [4.78, 5) is 13.2. The number of carbonyl (C=O) groups is 1. The second kappa shape index (κ2) is 11.5. The Hall–Kier alpha value is -5.41. The van der Waals surface area contributed by atoms with E-state index in [1.807, 2.05) is 133 Å². The van der Waals surface area contributed by atoms with Crippen LogP contribution in [0.25, 0.3) is 44.5 Å². The van der Waals surface area contributed by atoms with Crippen LogP contribution in [0.2, 0.25) is 0 Å². The van der Waals surface area contributed by atoms with Gasteiger partial charge in [-0.2, -0.15) is 0 Å². The third kappa shape index (κ3) is 5.54. The summed E-state index contributed by atoms with van der Waals surface area (Å²) in [7, 11) is 0. The molecule has 40 heavy (non-hydrogen) atoms. The van der Waals surface area contributed by atoms with E-state index in [2.05, 4.69) is 24.3 Å². The standard InChI is InChI=1S/C37H26O3/c38-37(39-35-23-21-31(27-13-5-1-6-14-27)25-33(35)29-17-9-3-10-18-29)40-36-24-22-32(28-15-7-2-8-16-28)26-34(36)30-19-11-4-12-20-30/h1-26H. The van der Waals surface area contributed by atoms with Gasteiger partial charge in [-0.15, -0.1) is 0 Å². The molecule has 192 valence electrons. The van der Waals surface area contributed by atoms with Gasteiger partial charge in [0, 0.05) is 11.1 Å². The highest BCUT2D eigenvalue weighted by Crippen LogP contribution is 2.37. The van der Waals surface area contributed by atoms with Crippen LogP contribution in [-0.2, 0) is 0 Å². The minimum atomic E-state index is -0.797. The Kier molecular flexibility index (Phi) is 7.19. The molecule has 0 N–H and O–H groups in total. The molecule has 0 radical (unpaired) electrons. The first-order valence-corrected chi connectivity index (χ1v) is 13.1. The lowest BCUT2D eigenvalue weighted by atomic mass is 9.98. The van der Waals surface area contributed by atoms with Crippen molar-refractivity contribution in [3.63, 3.8) is 0 Å². The lowest BCUT2D eigenvalue weighted by Crippen LogP contribution is -2.15. The Labute approximate surface area is 233 Å². The van der Waals surface area contributed by atoms with Crippen molar-refractivity contribution in [1.29, 1.82) is 0 Å². The average Bonchev–Trinajstić information content (AvgIpc) is 3.03. The van der Waals surface area contributed by atoms with Gasteiger partial charge in [-0.1, -0.05) is 133 Å². The highest BCUT2D eigenvalue weighted by molar-refractivity contribution is 5.83. The SMILES string of the molecule is O=C(Oc1ccc(-c2ccccc2)cc1-c1ccccc1)Oc1ccc(-c2ccccc2)cc1-c1ccccc1. The molecule has 3 heteroatoms. The molecule has 3 nitrogen and oxygen atoms in total. The van der Waals surface area contributed by atoms with Crippen LogP contribution in [0, 0.1) is 0 Å². The van der Waals surface area contributed by atoms with Gasteiger partial charge in [-0.3, -0.25) is 0 Å². The fourth-order valence-corrected chi connectivity index (χ4v) is 4.75. The largest absolute Gasteiger partial charge is 0.519 e. The van der Waals surface area contributed by atoms with Crippen molar-refractivity contribution in [1.82, 2.24) is 0 Å². The molecule has 6 rings (SSSR count). The Morgan fingerprint density at radius 1 is 0.350 bits per heavy atom. The second-order valence-corrected chi connectivity index (χ2v) is 9.34. The minimum absolute atomic E-state index is 0.429. The minimum Gasteiger partial charge on any atom is -0.394 e. The molecule has 0 bridgehead atoms. The molecule has 0 fully saturated rings. The zero-order valence-electron chi connectivity index (χ0n) is 21.7. The molecule has 0 amide bonds. The first-order chi connectivity index (χ1) is 19.7. The smallest absolute Gasteiger partial charge is 0.394 e. The Balaban J connectivity index is 1.33. The third-order valence-electron chi connectivity index (χ3n) is 6.73. The van der Waals surface area contributed by atoms with Crippen molar-refractivity contribution in [2.45, 2.75) is 0 Å². The summed E-state index contributed by atoms with van der Waals surface area (Å²) in [5.74, 6) is 0.857. The molecule has 6 aromatic rings. The first kappa shape index (κ1) is 24.9. The van der Waals surface area contributed by atoms with Gasteiger partial charge < -0.3 is 9.47 Å². The predicted molar refractivity (Wildman–Crippen MR) is 161 cm³/mol. The van der Waals surface area contributed by atoms with Crippen LogP contribution in [0.4, 0.5) is 4.79 Å². The van der Waals surface area contributed by atoms with E-state index in [9.17, 15) is 4.79 Å². The van der Waals surface area contributed by atoms with Gasteiger partial charge in [0.15, 0.2) is 0 Å². The van der Waals surface area contributed by atoms with Gasteiger partial charge in [0.2, 0.25) is 0 Å². The topological polar surface area (TPSA) is 35.5 Å². The van der Waals surface area contributed by atoms with E-state index in [0.717, 1.165) is 44.5 Å². The van der Waals surface area contributed by atoms with Gasteiger partial charge in [0.05, 0.1) is 0 Å². The van der Waals surface area contributed by atoms with Crippen molar-refractivity contribution in [3.05, 3.63) is 158 Å².